The Hall–Kier alpha value is -2.04. The standard InChI is InChI=1S/C18H17Cl2NO3/c1-2-3-10-24-18(23)12-4-7-14(8-5-12)21-17(22)13-6-9-15(19)16(20)11-13/h4-9,11H,2-3,10H2,1H3,(H,21,22). The van der Waals surface area contributed by atoms with Crippen LogP contribution in [0.1, 0.15) is 40.5 Å². The molecule has 0 aliphatic rings. The van der Waals surface area contributed by atoms with E-state index in [-0.39, 0.29) is 11.9 Å². The van der Waals surface area contributed by atoms with Crippen molar-refractivity contribution in [3.63, 3.8) is 0 Å². The van der Waals surface area contributed by atoms with Crippen LogP contribution < -0.4 is 5.32 Å². The van der Waals surface area contributed by atoms with Crippen LogP contribution in [-0.4, -0.2) is 18.5 Å². The molecule has 0 bridgehead atoms. The molecular formula is C18H17Cl2NO3. The van der Waals surface area contributed by atoms with Crippen molar-refractivity contribution < 1.29 is 14.3 Å². The van der Waals surface area contributed by atoms with Gasteiger partial charge in [-0.05, 0) is 48.9 Å². The molecule has 0 radical (unpaired) electrons. The van der Waals surface area contributed by atoms with Crippen molar-refractivity contribution in [2.24, 2.45) is 0 Å². The number of amides is 1. The van der Waals surface area contributed by atoms with Gasteiger partial charge >= 0.3 is 5.97 Å². The number of carbonyl (C=O) groups is 2. The van der Waals surface area contributed by atoms with Crippen LogP contribution in [0.3, 0.4) is 0 Å². The van der Waals surface area contributed by atoms with E-state index in [9.17, 15) is 9.59 Å². The summed E-state index contributed by atoms with van der Waals surface area (Å²) in [6.45, 7) is 2.43. The summed E-state index contributed by atoms with van der Waals surface area (Å²) in [5.41, 5.74) is 1.40. The summed E-state index contributed by atoms with van der Waals surface area (Å²) in [4.78, 5) is 24.0. The minimum Gasteiger partial charge on any atom is -0.462 e. The van der Waals surface area contributed by atoms with Crippen LogP contribution in [0.25, 0.3) is 0 Å². The number of hydrogen-bond acceptors (Lipinski definition) is 3. The first kappa shape index (κ1) is 18.3. The van der Waals surface area contributed by atoms with Crippen molar-refractivity contribution in [2.75, 3.05) is 11.9 Å². The Morgan fingerprint density at radius 3 is 2.29 bits per heavy atom. The van der Waals surface area contributed by atoms with E-state index in [1.54, 1.807) is 36.4 Å². The third kappa shape index (κ3) is 4.98. The average molecular weight is 366 g/mol. The number of unbranched alkanes of at least 4 members (excludes halogenated alkanes) is 1. The van der Waals surface area contributed by atoms with Gasteiger partial charge in [-0.2, -0.15) is 0 Å². The van der Waals surface area contributed by atoms with Gasteiger partial charge in [-0.3, -0.25) is 4.79 Å². The van der Waals surface area contributed by atoms with Gasteiger partial charge in [0.05, 0.1) is 22.2 Å². The fourth-order valence-electron chi connectivity index (χ4n) is 1.92. The fourth-order valence-corrected chi connectivity index (χ4v) is 2.22. The summed E-state index contributed by atoms with van der Waals surface area (Å²) >= 11 is 11.7. The quantitative estimate of drug-likeness (QED) is 0.565. The summed E-state index contributed by atoms with van der Waals surface area (Å²) in [5, 5.41) is 3.43. The van der Waals surface area contributed by atoms with E-state index in [4.69, 9.17) is 27.9 Å². The first-order valence-electron chi connectivity index (χ1n) is 7.55. The highest BCUT2D eigenvalue weighted by Crippen LogP contribution is 2.23. The van der Waals surface area contributed by atoms with Crippen molar-refractivity contribution >= 4 is 40.8 Å². The lowest BCUT2D eigenvalue weighted by Gasteiger charge is -2.08. The number of rotatable bonds is 6. The van der Waals surface area contributed by atoms with Crippen LogP contribution in [-0.2, 0) is 4.74 Å². The molecule has 0 spiro atoms. The zero-order valence-corrected chi connectivity index (χ0v) is 14.7. The van der Waals surface area contributed by atoms with Gasteiger partial charge < -0.3 is 10.1 Å². The van der Waals surface area contributed by atoms with Crippen molar-refractivity contribution in [2.45, 2.75) is 19.8 Å². The highest BCUT2D eigenvalue weighted by molar-refractivity contribution is 6.42. The molecule has 6 heteroatoms. The maximum Gasteiger partial charge on any atom is 0.338 e. The van der Waals surface area contributed by atoms with Crippen LogP contribution in [0.15, 0.2) is 42.5 Å². The Kier molecular flexibility index (Phi) is 6.64. The predicted octanol–water partition coefficient (Wildman–Crippen LogP) is 5.20. The molecule has 4 nitrogen and oxygen atoms in total. The summed E-state index contributed by atoms with van der Waals surface area (Å²) in [6.07, 6.45) is 1.80. The zero-order valence-electron chi connectivity index (χ0n) is 13.1. The number of anilines is 1. The van der Waals surface area contributed by atoms with E-state index >= 15 is 0 Å². The summed E-state index contributed by atoms with van der Waals surface area (Å²) < 4.78 is 5.13. The number of esters is 1. The van der Waals surface area contributed by atoms with Crippen LogP contribution in [0, 0.1) is 0 Å². The molecule has 0 atom stereocenters. The van der Waals surface area contributed by atoms with E-state index < -0.39 is 0 Å². The second-order valence-electron chi connectivity index (χ2n) is 5.15. The molecule has 0 heterocycles. The van der Waals surface area contributed by atoms with Gasteiger partial charge in [0.15, 0.2) is 0 Å². The molecule has 24 heavy (non-hydrogen) atoms. The van der Waals surface area contributed by atoms with Gasteiger partial charge in [-0.25, -0.2) is 4.79 Å². The van der Waals surface area contributed by atoms with Crippen molar-refractivity contribution in [3.8, 4) is 0 Å². The minimum absolute atomic E-state index is 0.313. The number of benzene rings is 2. The topological polar surface area (TPSA) is 55.4 Å². The van der Waals surface area contributed by atoms with Gasteiger partial charge in [0.1, 0.15) is 0 Å². The summed E-state index contributed by atoms with van der Waals surface area (Å²) in [5.74, 6) is -0.683. The van der Waals surface area contributed by atoms with E-state index in [1.807, 2.05) is 6.92 Å². The van der Waals surface area contributed by atoms with Gasteiger partial charge in [-0.1, -0.05) is 36.5 Å². The molecule has 0 aliphatic heterocycles. The van der Waals surface area contributed by atoms with Crippen LogP contribution >= 0.6 is 23.2 Å². The Morgan fingerprint density at radius 1 is 1.00 bits per heavy atom. The first-order chi connectivity index (χ1) is 11.5. The molecule has 0 fully saturated rings. The Morgan fingerprint density at radius 2 is 1.67 bits per heavy atom. The van der Waals surface area contributed by atoms with Crippen molar-refractivity contribution in [1.29, 1.82) is 0 Å². The molecule has 0 aliphatic carbocycles. The van der Waals surface area contributed by atoms with Crippen LogP contribution in [0.5, 0.6) is 0 Å². The molecule has 0 unspecified atom stereocenters. The minimum atomic E-state index is -0.370. The van der Waals surface area contributed by atoms with Gasteiger partial charge in [0.2, 0.25) is 0 Å². The molecule has 2 rings (SSSR count). The Bertz CT molecular complexity index is 730. The van der Waals surface area contributed by atoms with Gasteiger partial charge in [0, 0.05) is 11.3 Å². The van der Waals surface area contributed by atoms with Crippen LogP contribution in [0.2, 0.25) is 10.0 Å². The Balaban J connectivity index is 1.99. The average Bonchev–Trinajstić information content (AvgIpc) is 2.58. The SMILES string of the molecule is CCCCOC(=O)c1ccc(NC(=O)c2ccc(Cl)c(Cl)c2)cc1. The largest absolute Gasteiger partial charge is 0.462 e. The number of carbonyl (C=O) groups excluding carboxylic acids is 2. The second kappa shape index (κ2) is 8.71. The van der Waals surface area contributed by atoms with E-state index in [0.717, 1.165) is 12.8 Å². The lowest BCUT2D eigenvalue weighted by molar-refractivity contribution is 0.0499. The zero-order chi connectivity index (χ0) is 17.5. The monoisotopic (exact) mass is 365 g/mol. The summed E-state index contributed by atoms with van der Waals surface area (Å²) in [6, 6.07) is 11.2. The Labute approximate surface area is 150 Å². The molecular weight excluding hydrogens is 349 g/mol. The number of ether oxygens (including phenoxy) is 1. The molecule has 0 saturated heterocycles. The van der Waals surface area contributed by atoms with Gasteiger partial charge in [-0.15, -0.1) is 0 Å². The molecule has 126 valence electrons. The third-order valence-electron chi connectivity index (χ3n) is 3.29. The van der Waals surface area contributed by atoms with E-state index in [0.29, 0.717) is 33.5 Å². The maximum atomic E-state index is 12.2. The fraction of sp³-hybridized carbons (Fsp3) is 0.222. The molecule has 2 aromatic rings. The number of halogens is 2. The normalized spacial score (nSPS) is 10.3. The predicted molar refractivity (Wildman–Crippen MR) is 96.0 cm³/mol. The highest BCUT2D eigenvalue weighted by Gasteiger charge is 2.10. The lowest BCUT2D eigenvalue weighted by Crippen LogP contribution is -2.12. The number of hydrogen-bond donors (Lipinski definition) is 1. The van der Waals surface area contributed by atoms with Crippen LogP contribution in [0.4, 0.5) is 5.69 Å². The van der Waals surface area contributed by atoms with Crippen molar-refractivity contribution in [1.82, 2.24) is 0 Å². The molecule has 0 aromatic heterocycles. The smallest absolute Gasteiger partial charge is 0.338 e. The third-order valence-corrected chi connectivity index (χ3v) is 4.03. The maximum absolute atomic E-state index is 12.2. The van der Waals surface area contributed by atoms with E-state index in [1.165, 1.54) is 6.07 Å². The van der Waals surface area contributed by atoms with Crippen molar-refractivity contribution in [3.05, 3.63) is 63.6 Å². The first-order valence-corrected chi connectivity index (χ1v) is 8.30. The van der Waals surface area contributed by atoms with Gasteiger partial charge in [0.25, 0.3) is 5.91 Å². The number of nitrogens with one attached hydrogen (secondary N) is 1. The van der Waals surface area contributed by atoms with E-state index in [2.05, 4.69) is 5.32 Å². The molecule has 2 aromatic carbocycles. The molecule has 0 saturated carbocycles. The molecule has 1 N–H and O–H groups in total. The molecule has 1 amide bonds. The second-order valence-corrected chi connectivity index (χ2v) is 5.96. The summed E-state index contributed by atoms with van der Waals surface area (Å²) in [7, 11) is 0. The lowest BCUT2D eigenvalue weighted by atomic mass is 10.2. The highest BCUT2D eigenvalue weighted by atomic mass is 35.5.